The number of benzene rings is 1. The van der Waals surface area contributed by atoms with Gasteiger partial charge in [-0.05, 0) is 0 Å². The zero-order valence-corrected chi connectivity index (χ0v) is 40.9. The zero-order valence-electron chi connectivity index (χ0n) is 35.2. The normalized spacial score (nSPS) is 12.1. The molecule has 0 radical (unpaired) electrons. The second-order valence-corrected chi connectivity index (χ2v) is 41.2. The first kappa shape index (κ1) is 48.3. The molecule has 50 heavy (non-hydrogen) atoms. The van der Waals surface area contributed by atoms with Gasteiger partial charge in [0, 0.05) is 0 Å². The molecule has 0 amide bonds. The van der Waals surface area contributed by atoms with Gasteiger partial charge < -0.3 is 0 Å². The van der Waals surface area contributed by atoms with Gasteiger partial charge in [0.15, 0.2) is 0 Å². The van der Waals surface area contributed by atoms with Crippen LogP contribution in [0.1, 0.15) is 213 Å². The SMILES string of the molecule is CCC[CH2][Sn]([CH2]CCC)([CH2]CCC)[O]C(=O)CCCCCCCCCCCCCCc1cc[c]([Sn]([CH2]CCC)([CH2]CCC)[CH2]CCC)c(C)c1. The Morgan fingerprint density at radius 3 is 1.28 bits per heavy atom. The summed E-state index contributed by atoms with van der Waals surface area (Å²) in [5.41, 5.74) is 3.24. The predicted molar refractivity (Wildman–Crippen MR) is 230 cm³/mol. The van der Waals surface area contributed by atoms with Crippen molar-refractivity contribution in [1.29, 1.82) is 0 Å². The molecule has 0 saturated carbocycles. The van der Waals surface area contributed by atoms with E-state index < -0.39 is 37.2 Å². The molecule has 0 spiro atoms. The molecule has 0 aliphatic rings. The van der Waals surface area contributed by atoms with Crippen LogP contribution in [0.2, 0.25) is 26.6 Å². The van der Waals surface area contributed by atoms with Gasteiger partial charge in [-0.3, -0.25) is 0 Å². The van der Waals surface area contributed by atoms with Crippen LogP contribution < -0.4 is 3.58 Å². The summed E-state index contributed by atoms with van der Waals surface area (Å²) >= 11 is -5.12. The Labute approximate surface area is 323 Å². The molecule has 0 unspecified atom stereocenters. The van der Waals surface area contributed by atoms with E-state index in [9.17, 15) is 4.79 Å². The molecule has 0 N–H and O–H groups in total. The monoisotopic (exact) mass is 912 g/mol. The van der Waals surface area contributed by atoms with E-state index >= 15 is 0 Å². The molecule has 1 aromatic rings. The summed E-state index contributed by atoms with van der Waals surface area (Å²) in [6, 6.07) is 7.77. The third-order valence-electron chi connectivity index (χ3n) is 11.8. The van der Waals surface area contributed by atoms with Crippen molar-refractivity contribution in [3.8, 4) is 0 Å². The first-order chi connectivity index (χ1) is 24.4. The summed E-state index contributed by atoms with van der Waals surface area (Å²) in [6.07, 6.45) is 33.7. The topological polar surface area (TPSA) is 26.3 Å². The third kappa shape index (κ3) is 21.2. The maximum absolute atomic E-state index is 12.9. The summed E-state index contributed by atoms with van der Waals surface area (Å²) in [4.78, 5) is 12.9. The molecule has 0 aliphatic heterocycles. The molecular formula is C46H88O2Sn2. The maximum atomic E-state index is 12.9. The molecule has 0 aromatic heterocycles. The predicted octanol–water partition coefficient (Wildman–Crippen LogP) is 15.6. The molecule has 292 valence electrons. The van der Waals surface area contributed by atoms with E-state index in [1.54, 1.807) is 24.4 Å². The summed E-state index contributed by atoms with van der Waals surface area (Å²) in [6.45, 7) is 16.5. The van der Waals surface area contributed by atoms with E-state index in [1.165, 1.54) is 167 Å². The summed E-state index contributed by atoms with van der Waals surface area (Å²) < 4.78 is 16.9. The molecule has 2 nitrogen and oxygen atoms in total. The first-order valence-corrected chi connectivity index (χ1v) is 37.4. The molecular weight excluding hydrogens is 822 g/mol. The van der Waals surface area contributed by atoms with Crippen LogP contribution >= 0.6 is 0 Å². The summed E-state index contributed by atoms with van der Waals surface area (Å²) in [7, 11) is 0. The van der Waals surface area contributed by atoms with Gasteiger partial charge in [0.2, 0.25) is 0 Å². The summed E-state index contributed by atoms with van der Waals surface area (Å²) in [5, 5.41) is 0. The minimum absolute atomic E-state index is 0.156. The van der Waals surface area contributed by atoms with Crippen LogP contribution in [0.15, 0.2) is 18.2 Å². The molecule has 0 atom stereocenters. The van der Waals surface area contributed by atoms with Crippen LogP contribution in [-0.4, -0.2) is 43.1 Å². The fourth-order valence-corrected chi connectivity index (χ4v) is 38.8. The number of unbranched alkanes of at least 4 members (excludes halogenated alkanes) is 17. The van der Waals surface area contributed by atoms with Crippen molar-refractivity contribution in [2.45, 2.75) is 242 Å². The molecule has 1 aromatic carbocycles. The quantitative estimate of drug-likeness (QED) is 0.0501. The van der Waals surface area contributed by atoms with E-state index in [1.807, 2.05) is 3.58 Å². The molecule has 4 heteroatoms. The van der Waals surface area contributed by atoms with Crippen molar-refractivity contribution in [3.63, 3.8) is 0 Å². The van der Waals surface area contributed by atoms with Crippen LogP contribution in [0.25, 0.3) is 0 Å². The van der Waals surface area contributed by atoms with E-state index in [-0.39, 0.29) is 5.97 Å². The Bertz CT molecular complexity index is 901. The van der Waals surface area contributed by atoms with Gasteiger partial charge in [-0.25, -0.2) is 0 Å². The van der Waals surface area contributed by atoms with Gasteiger partial charge in [-0.15, -0.1) is 0 Å². The average Bonchev–Trinajstić information content (AvgIpc) is 3.12. The Kier molecular flexibility index (Phi) is 30.5. The van der Waals surface area contributed by atoms with E-state index in [4.69, 9.17) is 3.07 Å². The summed E-state index contributed by atoms with van der Waals surface area (Å²) in [5.74, 6) is 0.156. The molecule has 0 saturated heterocycles. The van der Waals surface area contributed by atoms with Crippen LogP contribution in [0.3, 0.4) is 0 Å². The van der Waals surface area contributed by atoms with Gasteiger partial charge in [-0.2, -0.15) is 0 Å². The number of aryl methyl sites for hydroxylation is 2. The molecule has 1 rings (SSSR count). The van der Waals surface area contributed by atoms with Gasteiger partial charge in [0.25, 0.3) is 0 Å². The number of carbonyl (C=O) groups excluding carboxylic acids is 1. The Balaban J connectivity index is 2.26. The van der Waals surface area contributed by atoms with Gasteiger partial charge >= 0.3 is 326 Å². The molecule has 0 heterocycles. The molecule has 0 aliphatic carbocycles. The van der Waals surface area contributed by atoms with Crippen molar-refractivity contribution in [3.05, 3.63) is 29.3 Å². The fraction of sp³-hybridized carbons (Fsp3) is 0.848. The van der Waals surface area contributed by atoms with Crippen LogP contribution in [-0.2, 0) is 14.3 Å². The molecule has 0 bridgehead atoms. The van der Waals surface area contributed by atoms with Gasteiger partial charge in [0.1, 0.15) is 0 Å². The van der Waals surface area contributed by atoms with Gasteiger partial charge in [-0.1, -0.05) is 0 Å². The van der Waals surface area contributed by atoms with Crippen molar-refractivity contribution in [1.82, 2.24) is 0 Å². The van der Waals surface area contributed by atoms with E-state index in [0.717, 1.165) is 6.42 Å². The van der Waals surface area contributed by atoms with Crippen LogP contribution in [0, 0.1) is 6.92 Å². The number of hydrogen-bond acceptors (Lipinski definition) is 2. The standard InChI is InChI=1S/C22H35O2.6C4H9.2Sn/c1-20-15-14-17-21(19-20)16-12-10-8-6-4-2-3-5-7-9-11-13-18-22(23)24;6*1-3-4-2;;/h14,17,19H,2-13,16,18H2,1H3,(H,23,24);6*1,3-4H2,2H3;;/q;;;;;;;;+1/p-1. The Morgan fingerprint density at radius 2 is 0.880 bits per heavy atom. The molecule has 0 fully saturated rings. The van der Waals surface area contributed by atoms with Crippen molar-refractivity contribution < 1.29 is 7.87 Å². The van der Waals surface area contributed by atoms with Crippen molar-refractivity contribution in [2.75, 3.05) is 0 Å². The van der Waals surface area contributed by atoms with Crippen LogP contribution in [0.5, 0.6) is 0 Å². The van der Waals surface area contributed by atoms with Crippen molar-refractivity contribution in [2.24, 2.45) is 0 Å². The second kappa shape index (κ2) is 31.6. The van der Waals surface area contributed by atoms with Crippen LogP contribution in [0.4, 0.5) is 0 Å². The number of hydrogen-bond donors (Lipinski definition) is 0. The van der Waals surface area contributed by atoms with E-state index in [2.05, 4.69) is 66.7 Å². The van der Waals surface area contributed by atoms with E-state index in [0.29, 0.717) is 6.42 Å². The third-order valence-corrected chi connectivity index (χ3v) is 40.6. The second-order valence-electron chi connectivity index (χ2n) is 16.5. The van der Waals surface area contributed by atoms with Crippen molar-refractivity contribution >= 4 is 46.7 Å². The zero-order chi connectivity index (χ0) is 36.8. The van der Waals surface area contributed by atoms with Gasteiger partial charge in [0.05, 0.1) is 0 Å². The average molecular weight is 911 g/mol. The fourth-order valence-electron chi connectivity index (χ4n) is 8.48. The number of carbonyl (C=O) groups is 1. The minimum atomic E-state index is -2.79. The Hall–Kier alpha value is 0.287. The Morgan fingerprint density at radius 1 is 0.500 bits per heavy atom. The first-order valence-electron chi connectivity index (χ1n) is 22.7. The number of rotatable bonds is 35.